The van der Waals surface area contributed by atoms with Crippen LogP contribution in [-0.2, 0) is 41.1 Å². The van der Waals surface area contributed by atoms with Crippen LogP contribution in [0.15, 0.2) is 49.4 Å². The largest absolute Gasteiger partial charge is 0.483 e. The number of rotatable bonds is 12. The predicted molar refractivity (Wildman–Crippen MR) is 153 cm³/mol. The zero-order valence-electron chi connectivity index (χ0n) is 24.1. The molecule has 1 unspecified atom stereocenters. The third kappa shape index (κ3) is 7.52. The first-order valence-corrected chi connectivity index (χ1v) is 18.2. The van der Waals surface area contributed by atoms with Gasteiger partial charge in [-0.1, -0.05) is 0 Å². The summed E-state index contributed by atoms with van der Waals surface area (Å²) < 4.78 is 71.6. The topological polar surface area (TPSA) is 326 Å². The summed E-state index contributed by atoms with van der Waals surface area (Å²) in [7, 11) is -16.2. The molecule has 0 radical (unpaired) electrons. The Hall–Kier alpha value is -2.79. The number of hydrogen-bond acceptors (Lipinski definition) is 16. The van der Waals surface area contributed by atoms with Crippen molar-refractivity contribution in [2.45, 2.75) is 49.1 Å². The highest BCUT2D eigenvalue weighted by molar-refractivity contribution is 7.61. The van der Waals surface area contributed by atoms with Gasteiger partial charge in [-0.3, -0.25) is 18.0 Å². The molecule has 2 aliphatic heterocycles. The molecule has 48 heavy (non-hydrogen) atoms. The second-order valence-corrected chi connectivity index (χ2v) is 14.8. The maximum atomic E-state index is 13.4. The number of aliphatic hydroxyl groups excluding tert-OH is 3. The number of anilines is 1. The molecule has 0 amide bonds. The highest BCUT2D eigenvalue weighted by Crippen LogP contribution is 2.61. The smallest absolute Gasteiger partial charge is 0.394 e. The molecular formula is C22H29N7O16P3+. The molecule has 262 valence electrons. The van der Waals surface area contributed by atoms with Crippen molar-refractivity contribution in [2.75, 3.05) is 18.9 Å². The Labute approximate surface area is 268 Å². The number of fused-ring (bicyclic) bond motifs is 3. The van der Waals surface area contributed by atoms with Gasteiger partial charge < -0.3 is 54.7 Å². The van der Waals surface area contributed by atoms with Crippen LogP contribution in [0.4, 0.5) is 5.69 Å². The number of ether oxygens (including phenoxy) is 2. The van der Waals surface area contributed by atoms with Gasteiger partial charge in [0, 0.05) is 24.7 Å². The van der Waals surface area contributed by atoms with E-state index in [4.69, 9.17) is 28.8 Å². The van der Waals surface area contributed by atoms with Crippen LogP contribution in [0.5, 0.6) is 0 Å². The number of pyridine rings is 1. The van der Waals surface area contributed by atoms with Crippen molar-refractivity contribution in [3.05, 3.63) is 49.4 Å². The van der Waals surface area contributed by atoms with Gasteiger partial charge in [0.2, 0.25) is 5.78 Å². The number of nitrogens with two attached hydrogens (primary N) is 1. The molecule has 0 aliphatic carbocycles. The summed E-state index contributed by atoms with van der Waals surface area (Å²) >= 11 is 0. The van der Waals surface area contributed by atoms with Crippen molar-refractivity contribution in [1.29, 1.82) is 0 Å². The van der Waals surface area contributed by atoms with Gasteiger partial charge >= 0.3 is 23.5 Å². The van der Waals surface area contributed by atoms with Crippen molar-refractivity contribution >= 4 is 46.1 Å². The fraction of sp³-hybridized carbons (Fsp3) is 0.455. The lowest BCUT2D eigenvalue weighted by Crippen LogP contribution is -2.45. The number of imidazole rings is 2. The Morgan fingerprint density at radius 2 is 1.67 bits per heavy atom. The maximum Gasteiger partial charge on any atom is 0.483 e. The Bertz CT molecular complexity index is 1930. The molecule has 6 heterocycles. The third-order valence-electron chi connectivity index (χ3n) is 7.24. The second-order valence-electron chi connectivity index (χ2n) is 10.6. The number of nitrogen functional groups attached to an aromatic ring is 1. The van der Waals surface area contributed by atoms with Gasteiger partial charge in [-0.15, -0.1) is 0 Å². The van der Waals surface area contributed by atoms with Crippen LogP contribution in [-0.4, -0.2) is 109 Å². The van der Waals surface area contributed by atoms with Gasteiger partial charge in [0.05, 0.1) is 25.2 Å². The van der Waals surface area contributed by atoms with Crippen molar-refractivity contribution in [1.82, 2.24) is 23.9 Å². The number of aliphatic hydroxyl groups is 3. The van der Waals surface area contributed by atoms with Gasteiger partial charge in [-0.25, -0.2) is 23.7 Å². The number of phosphoric acid groups is 3. The Kier molecular flexibility index (Phi) is 9.61. The summed E-state index contributed by atoms with van der Waals surface area (Å²) in [5.41, 5.74) is 6.70. The van der Waals surface area contributed by atoms with Crippen LogP contribution in [0.3, 0.4) is 0 Å². The molecule has 0 spiro atoms. The van der Waals surface area contributed by atoms with E-state index in [0.29, 0.717) is 17.0 Å². The molecule has 9 atom stereocenters. The molecule has 23 nitrogen and oxygen atoms in total. The average Bonchev–Trinajstić information content (AvgIpc) is 3.73. The van der Waals surface area contributed by atoms with E-state index in [2.05, 4.69) is 19.3 Å². The highest BCUT2D eigenvalue weighted by Gasteiger charge is 2.52. The molecule has 26 heteroatoms. The lowest BCUT2D eigenvalue weighted by atomic mass is 10.1. The number of phosphoric ester groups is 2. The van der Waals surface area contributed by atoms with Gasteiger partial charge in [-0.2, -0.15) is 13.9 Å². The average molecular weight is 740 g/mol. The maximum absolute atomic E-state index is 13.4. The molecule has 0 bridgehead atoms. The summed E-state index contributed by atoms with van der Waals surface area (Å²) in [6, 6.07) is 3.10. The summed E-state index contributed by atoms with van der Waals surface area (Å²) in [6.07, 6.45) is -4.12. The highest BCUT2D eigenvalue weighted by atomic mass is 31.3. The summed E-state index contributed by atoms with van der Waals surface area (Å²) in [5.74, 6) is 0.307. The van der Waals surface area contributed by atoms with E-state index in [1.807, 2.05) is 0 Å². The van der Waals surface area contributed by atoms with E-state index in [0.717, 1.165) is 0 Å². The predicted octanol–water partition coefficient (Wildman–Crippen LogP) is -1.75. The summed E-state index contributed by atoms with van der Waals surface area (Å²) in [5, 5.41) is 32.0. The molecule has 0 aromatic carbocycles. The van der Waals surface area contributed by atoms with Crippen molar-refractivity contribution in [3.8, 4) is 0 Å². The number of hydrogen-bond donors (Lipinski definition) is 8. The van der Waals surface area contributed by atoms with E-state index in [-0.39, 0.29) is 5.65 Å². The van der Waals surface area contributed by atoms with E-state index in [9.17, 15) is 48.6 Å². The molecular weight excluding hydrogens is 711 g/mol. The zero-order chi connectivity index (χ0) is 34.6. The quantitative estimate of drug-likeness (QED) is 0.0590. The minimum atomic E-state index is -5.59. The standard InChI is InChI=1S/C22H28N7O16P3/c23-11-2-1-4-27(6-11)20-17(32)15(30)13(42-20)8-40-48(39,45-47(36,37)38)41-9-14-16(31)18(44-46(33,34)35)21(43-14)28-7-12-19(25-10-28)26-22-24-3-5-29(12)22/h1-7,10,13-18,20-21,30-32H,8-9,23H2,(H3-,33,34,35,36,37,38)/p+1/t13-,14-,15-,16-,17-,18-,20-,21-,48?/m1/s1. The summed E-state index contributed by atoms with van der Waals surface area (Å²) in [4.78, 5) is 50.3. The summed E-state index contributed by atoms with van der Waals surface area (Å²) in [6.45, 7) is -1.90. The van der Waals surface area contributed by atoms with Crippen LogP contribution in [0.25, 0.3) is 16.9 Å². The van der Waals surface area contributed by atoms with Crippen LogP contribution < -0.4 is 10.3 Å². The first-order valence-electron chi connectivity index (χ1n) is 13.7. The fourth-order valence-corrected chi connectivity index (χ4v) is 7.87. The molecule has 4 aromatic heterocycles. The van der Waals surface area contributed by atoms with Crippen molar-refractivity contribution < 1.29 is 80.5 Å². The molecule has 2 saturated heterocycles. The monoisotopic (exact) mass is 740 g/mol. The van der Waals surface area contributed by atoms with Gasteiger partial charge in [0.15, 0.2) is 30.4 Å². The van der Waals surface area contributed by atoms with Gasteiger partial charge in [0.25, 0.3) is 6.23 Å². The SMILES string of the molecule is Nc1ccc[n+]([C@@H]2O[C@H](COP(=O)(OC[C@H]3O[C@@H](n4cnc5nc6nccn6c5c4)[C@H](OP(=O)(O)O)[C@@H]3O)OP(=O)(O)O)[C@@H](O)[C@H]2O)c1. The lowest BCUT2D eigenvalue weighted by molar-refractivity contribution is -0.765. The molecule has 2 fully saturated rings. The Morgan fingerprint density at radius 1 is 0.958 bits per heavy atom. The van der Waals surface area contributed by atoms with Crippen LogP contribution in [0.1, 0.15) is 12.5 Å². The first kappa shape index (κ1) is 35.1. The molecule has 2 aliphatic rings. The first-order chi connectivity index (χ1) is 22.5. The molecule has 9 N–H and O–H groups in total. The van der Waals surface area contributed by atoms with Crippen LogP contribution >= 0.6 is 23.5 Å². The minimum Gasteiger partial charge on any atom is -0.394 e. The van der Waals surface area contributed by atoms with E-state index >= 15 is 0 Å². The molecule has 4 aromatic rings. The minimum absolute atomic E-state index is 0.259. The van der Waals surface area contributed by atoms with Crippen LogP contribution in [0, 0.1) is 0 Å². The van der Waals surface area contributed by atoms with E-state index in [1.165, 1.54) is 40.2 Å². The number of nitrogens with zero attached hydrogens (tertiary/aromatic N) is 6. The van der Waals surface area contributed by atoms with Gasteiger partial charge in [-0.05, 0) is 6.07 Å². The normalized spacial score (nSPS) is 29.6. The second kappa shape index (κ2) is 13.2. The van der Waals surface area contributed by atoms with Gasteiger partial charge in [0.1, 0.15) is 36.0 Å². The zero-order valence-corrected chi connectivity index (χ0v) is 26.7. The Morgan fingerprint density at radius 3 is 2.33 bits per heavy atom. The lowest BCUT2D eigenvalue weighted by Gasteiger charge is -2.23. The molecule has 6 rings (SSSR count). The van der Waals surface area contributed by atoms with E-state index < -0.39 is 85.8 Å². The van der Waals surface area contributed by atoms with Crippen molar-refractivity contribution in [3.63, 3.8) is 0 Å². The Balaban J connectivity index is 1.19. The van der Waals surface area contributed by atoms with Crippen LogP contribution in [0.2, 0.25) is 0 Å². The molecule has 0 saturated carbocycles. The van der Waals surface area contributed by atoms with E-state index in [1.54, 1.807) is 22.7 Å². The fourth-order valence-electron chi connectivity index (χ4n) is 5.17. The van der Waals surface area contributed by atoms with Crippen molar-refractivity contribution in [2.24, 2.45) is 0 Å². The number of aromatic nitrogens is 6. The third-order valence-corrected chi connectivity index (χ3v) is 10.3.